The van der Waals surface area contributed by atoms with E-state index in [9.17, 15) is 19.2 Å². The molecule has 4 N–H and O–H groups in total. The van der Waals surface area contributed by atoms with Gasteiger partial charge in [0.05, 0.1) is 10.5 Å². The zero-order chi connectivity index (χ0) is 16.3. The standard InChI is InChI=1S/2C5H9NO3S/c2*1-3(10)5(9)6-2-4(7)8/h2*3,10H,2H2,1H3,(H,6,9)(H,7,8). The van der Waals surface area contributed by atoms with E-state index in [4.69, 9.17) is 10.2 Å². The smallest absolute Gasteiger partial charge is 0.322 e. The summed E-state index contributed by atoms with van der Waals surface area (Å²) >= 11 is 7.58. The van der Waals surface area contributed by atoms with E-state index in [2.05, 4.69) is 35.9 Å². The minimum absolute atomic E-state index is 0.344. The number of hydrogen-bond donors (Lipinski definition) is 6. The van der Waals surface area contributed by atoms with Gasteiger partial charge in [-0.2, -0.15) is 25.3 Å². The molecule has 2 atom stereocenters. The number of carbonyl (C=O) groups excluding carboxylic acids is 2. The van der Waals surface area contributed by atoms with Gasteiger partial charge in [-0.15, -0.1) is 0 Å². The van der Waals surface area contributed by atoms with E-state index in [1.54, 1.807) is 13.8 Å². The number of rotatable bonds is 6. The van der Waals surface area contributed by atoms with Crippen LogP contribution >= 0.6 is 25.3 Å². The lowest BCUT2D eigenvalue weighted by atomic mass is 10.4. The van der Waals surface area contributed by atoms with Crippen molar-refractivity contribution in [2.24, 2.45) is 0 Å². The van der Waals surface area contributed by atoms with Crippen LogP contribution in [0.2, 0.25) is 0 Å². The van der Waals surface area contributed by atoms with E-state index >= 15 is 0 Å². The highest BCUT2D eigenvalue weighted by Gasteiger charge is 2.08. The summed E-state index contributed by atoms with van der Waals surface area (Å²) in [6.45, 7) is 2.45. The molecule has 0 saturated carbocycles. The number of thiol groups is 2. The van der Waals surface area contributed by atoms with Gasteiger partial charge < -0.3 is 20.8 Å². The fourth-order valence-electron chi connectivity index (χ4n) is 0.621. The number of carboxylic acids is 2. The second-order valence-electron chi connectivity index (χ2n) is 3.58. The molecule has 0 bridgehead atoms. The molecule has 0 aromatic heterocycles. The fourth-order valence-corrected chi connectivity index (χ4v) is 0.803. The molecule has 20 heavy (non-hydrogen) atoms. The Labute approximate surface area is 127 Å². The van der Waals surface area contributed by atoms with Crippen LogP contribution in [0.1, 0.15) is 13.8 Å². The van der Waals surface area contributed by atoms with Crippen LogP contribution in [0.4, 0.5) is 0 Å². The number of hydrogen-bond acceptors (Lipinski definition) is 6. The second-order valence-corrected chi connectivity index (χ2v) is 5.12. The summed E-state index contributed by atoms with van der Waals surface area (Å²) < 4.78 is 0. The molecular weight excluding hydrogens is 308 g/mol. The van der Waals surface area contributed by atoms with Gasteiger partial charge in [0.2, 0.25) is 11.8 Å². The molecule has 2 unspecified atom stereocenters. The molecule has 2 amide bonds. The molecule has 0 saturated heterocycles. The average Bonchev–Trinajstić information content (AvgIpc) is 2.33. The summed E-state index contributed by atoms with van der Waals surface area (Å²) in [6, 6.07) is 0. The number of nitrogens with one attached hydrogen (secondary N) is 2. The summed E-state index contributed by atoms with van der Waals surface area (Å²) in [5.74, 6) is -2.85. The van der Waals surface area contributed by atoms with E-state index in [1.165, 1.54) is 0 Å². The third-order valence-electron chi connectivity index (χ3n) is 1.59. The maximum atomic E-state index is 10.6. The van der Waals surface area contributed by atoms with Gasteiger partial charge in [0.15, 0.2) is 0 Å². The zero-order valence-corrected chi connectivity index (χ0v) is 12.8. The first-order valence-corrected chi connectivity index (χ1v) is 6.46. The van der Waals surface area contributed by atoms with Crippen LogP contribution in [0, 0.1) is 0 Å². The van der Waals surface area contributed by atoms with Gasteiger partial charge in [-0.25, -0.2) is 0 Å². The predicted molar refractivity (Wildman–Crippen MR) is 78.2 cm³/mol. The van der Waals surface area contributed by atoms with E-state index in [1.807, 2.05) is 0 Å². The summed E-state index contributed by atoms with van der Waals surface area (Å²) in [5.41, 5.74) is 0. The van der Waals surface area contributed by atoms with Crippen molar-refractivity contribution in [3.8, 4) is 0 Å². The Morgan fingerprint density at radius 2 is 1.10 bits per heavy atom. The van der Waals surface area contributed by atoms with Crippen LogP contribution in [0.15, 0.2) is 0 Å². The third kappa shape index (κ3) is 14.6. The molecule has 8 nitrogen and oxygen atoms in total. The van der Waals surface area contributed by atoms with Crippen molar-refractivity contribution in [2.75, 3.05) is 13.1 Å². The largest absolute Gasteiger partial charge is 0.480 e. The van der Waals surface area contributed by atoms with Gasteiger partial charge >= 0.3 is 11.9 Å². The van der Waals surface area contributed by atoms with Crippen molar-refractivity contribution in [3.05, 3.63) is 0 Å². The molecule has 0 radical (unpaired) electrons. The second kappa shape index (κ2) is 11.4. The van der Waals surface area contributed by atoms with Crippen LogP contribution in [0.3, 0.4) is 0 Å². The molecule has 0 aliphatic rings. The molecule has 0 aliphatic heterocycles. The summed E-state index contributed by atoms with van der Waals surface area (Å²) in [5, 5.41) is 19.6. The first kappa shape index (κ1) is 20.9. The molecule has 116 valence electrons. The van der Waals surface area contributed by atoms with Crippen molar-refractivity contribution in [1.29, 1.82) is 0 Å². The van der Waals surface area contributed by atoms with Crippen LogP contribution in [-0.2, 0) is 19.2 Å². The number of carboxylic acid groups (broad SMARTS) is 2. The van der Waals surface area contributed by atoms with Crippen LogP contribution in [0.5, 0.6) is 0 Å². The van der Waals surface area contributed by atoms with E-state index < -0.39 is 22.4 Å². The summed E-state index contributed by atoms with van der Waals surface area (Å²) in [4.78, 5) is 41.0. The van der Waals surface area contributed by atoms with Gasteiger partial charge in [0.1, 0.15) is 13.1 Å². The first-order valence-electron chi connectivity index (χ1n) is 5.43. The predicted octanol–water partition coefficient (Wildman–Crippen LogP) is -0.989. The molecule has 0 heterocycles. The summed E-state index contributed by atoms with van der Waals surface area (Å²) in [7, 11) is 0. The van der Waals surface area contributed by atoms with Crippen molar-refractivity contribution in [2.45, 2.75) is 24.3 Å². The van der Waals surface area contributed by atoms with Gasteiger partial charge in [0, 0.05) is 0 Å². The Bertz CT molecular complexity index is 326. The Kier molecular flexibility index (Phi) is 11.9. The summed E-state index contributed by atoms with van der Waals surface area (Å²) in [6.07, 6.45) is 0. The Hall–Kier alpha value is -1.42. The Morgan fingerprint density at radius 3 is 1.25 bits per heavy atom. The number of aliphatic carboxylic acids is 2. The topological polar surface area (TPSA) is 133 Å². The minimum Gasteiger partial charge on any atom is -0.480 e. The molecule has 0 aromatic rings. The lowest BCUT2D eigenvalue weighted by Crippen LogP contribution is -2.33. The van der Waals surface area contributed by atoms with E-state index in [-0.39, 0.29) is 24.9 Å². The number of amides is 2. The SMILES string of the molecule is CC(S)C(=O)NCC(=O)O.CC(S)C(=O)NCC(=O)O. The zero-order valence-electron chi connectivity index (χ0n) is 11.0. The molecule has 0 rings (SSSR count). The molecule has 10 heteroatoms. The van der Waals surface area contributed by atoms with Gasteiger partial charge in [0.25, 0.3) is 0 Å². The third-order valence-corrected chi connectivity index (χ3v) is 2.06. The van der Waals surface area contributed by atoms with Crippen LogP contribution < -0.4 is 10.6 Å². The van der Waals surface area contributed by atoms with Gasteiger partial charge in [-0.1, -0.05) is 0 Å². The van der Waals surface area contributed by atoms with Gasteiger partial charge in [-0.05, 0) is 13.8 Å². The minimum atomic E-state index is -1.05. The highest BCUT2D eigenvalue weighted by atomic mass is 32.1. The van der Waals surface area contributed by atoms with Gasteiger partial charge in [-0.3, -0.25) is 19.2 Å². The monoisotopic (exact) mass is 326 g/mol. The van der Waals surface area contributed by atoms with E-state index in [0.717, 1.165) is 0 Å². The average molecular weight is 326 g/mol. The highest BCUT2D eigenvalue weighted by Crippen LogP contribution is 1.90. The lowest BCUT2D eigenvalue weighted by Gasteiger charge is -2.02. The fraction of sp³-hybridized carbons (Fsp3) is 0.600. The molecule has 0 aliphatic carbocycles. The maximum Gasteiger partial charge on any atom is 0.322 e. The van der Waals surface area contributed by atoms with Crippen LogP contribution in [0.25, 0.3) is 0 Å². The Morgan fingerprint density at radius 1 is 0.850 bits per heavy atom. The lowest BCUT2D eigenvalue weighted by molar-refractivity contribution is -0.138. The van der Waals surface area contributed by atoms with Crippen molar-refractivity contribution in [1.82, 2.24) is 10.6 Å². The normalized spacial score (nSPS) is 12.2. The highest BCUT2D eigenvalue weighted by molar-refractivity contribution is 7.82. The Balaban J connectivity index is 0. The molecule has 0 fully saturated rings. The van der Waals surface area contributed by atoms with Crippen molar-refractivity contribution >= 4 is 49.0 Å². The van der Waals surface area contributed by atoms with E-state index in [0.29, 0.717) is 0 Å². The molecular formula is C10H18N2O6S2. The first-order chi connectivity index (χ1) is 9.07. The number of carbonyl (C=O) groups is 4. The van der Waals surface area contributed by atoms with Crippen LogP contribution in [-0.4, -0.2) is 57.6 Å². The molecule has 0 aromatic carbocycles. The van der Waals surface area contributed by atoms with Crippen molar-refractivity contribution in [3.63, 3.8) is 0 Å². The maximum absolute atomic E-state index is 10.6. The molecule has 0 spiro atoms. The quantitative estimate of drug-likeness (QED) is 0.347. The van der Waals surface area contributed by atoms with Crippen molar-refractivity contribution < 1.29 is 29.4 Å².